The molecule has 3 heterocycles. The van der Waals surface area contributed by atoms with Crippen LogP contribution >= 0.6 is 34.7 Å². The number of rotatable bonds is 6. The Kier molecular flexibility index (Phi) is 7.04. The lowest BCUT2D eigenvalue weighted by Gasteiger charge is -2.43. The van der Waals surface area contributed by atoms with Gasteiger partial charge >= 0.3 is 4.87 Å². The van der Waals surface area contributed by atoms with Gasteiger partial charge in [0.05, 0.1) is 22.5 Å². The van der Waals surface area contributed by atoms with Crippen molar-refractivity contribution in [2.24, 2.45) is 29.6 Å². The highest BCUT2D eigenvalue weighted by atomic mass is 35.5. The molecule has 1 aromatic heterocycles. The maximum Gasteiger partial charge on any atom is 0.305 e. The number of ether oxygens (including phenoxy) is 1. The van der Waals surface area contributed by atoms with Gasteiger partial charge in [-0.1, -0.05) is 71.5 Å². The third-order valence-electron chi connectivity index (χ3n) is 10.5. The summed E-state index contributed by atoms with van der Waals surface area (Å²) in [7, 11) is 0. The number of anilines is 2. The number of aromatic nitrogens is 1. The molecule has 4 unspecified atom stereocenters. The monoisotopic (exact) mass is 693 g/mol. The first-order chi connectivity index (χ1) is 23.4. The number of hydrogen-bond donors (Lipinski definition) is 2. The molecule has 1 saturated heterocycles. The molecule has 2 N–H and O–H groups in total. The number of carbonyl (C=O) groups is 3. The molecule has 9 rings (SSSR count). The van der Waals surface area contributed by atoms with Crippen molar-refractivity contribution in [1.82, 2.24) is 4.98 Å². The van der Waals surface area contributed by atoms with Crippen LogP contribution < -0.4 is 19.8 Å². The van der Waals surface area contributed by atoms with Crippen LogP contribution in [0, 0.1) is 29.6 Å². The number of fused-ring (bicyclic) bond motifs is 10. The van der Waals surface area contributed by atoms with Crippen molar-refractivity contribution in [3.05, 3.63) is 116 Å². The highest BCUT2D eigenvalue weighted by Crippen LogP contribution is 2.68. The lowest BCUT2D eigenvalue weighted by atomic mass is 9.68. The number of nitrogens with one attached hydrogen (secondary N) is 2. The first kappa shape index (κ1) is 29.7. The van der Waals surface area contributed by atoms with Gasteiger partial charge in [-0.25, -0.2) is 0 Å². The predicted molar refractivity (Wildman–Crippen MR) is 187 cm³/mol. The van der Waals surface area contributed by atoms with E-state index in [1.54, 1.807) is 36.0 Å². The van der Waals surface area contributed by atoms with Crippen molar-refractivity contribution in [1.29, 1.82) is 0 Å². The van der Waals surface area contributed by atoms with E-state index in [9.17, 15) is 19.2 Å². The normalized spacial score (nSPS) is 26.8. The minimum absolute atomic E-state index is 0.0139. The minimum atomic E-state index is -0.406. The number of hydrogen-bond acceptors (Lipinski definition) is 7. The van der Waals surface area contributed by atoms with Crippen LogP contribution in [0.25, 0.3) is 10.8 Å². The van der Waals surface area contributed by atoms with Gasteiger partial charge in [0.2, 0.25) is 11.8 Å². The number of halogens is 1. The Morgan fingerprint density at radius 2 is 1.67 bits per heavy atom. The molecule has 48 heavy (non-hydrogen) atoms. The summed E-state index contributed by atoms with van der Waals surface area (Å²) in [5.41, 5.74) is 2.23. The largest absolute Gasteiger partial charge is 0.484 e. The Hall–Kier alpha value is -4.38. The maximum absolute atomic E-state index is 14.0. The third kappa shape index (κ3) is 4.64. The molecule has 5 aromatic rings. The third-order valence-corrected chi connectivity index (χ3v) is 13.3. The summed E-state index contributed by atoms with van der Waals surface area (Å²) in [4.78, 5) is 58.8. The number of amides is 3. The van der Waals surface area contributed by atoms with E-state index in [4.69, 9.17) is 16.3 Å². The summed E-state index contributed by atoms with van der Waals surface area (Å²) in [6, 6.07) is 28.2. The van der Waals surface area contributed by atoms with Crippen molar-refractivity contribution in [2.45, 2.75) is 22.6 Å². The lowest BCUT2D eigenvalue weighted by Crippen LogP contribution is -2.42. The number of H-pyrrole nitrogens is 1. The molecule has 2 aliphatic heterocycles. The smallest absolute Gasteiger partial charge is 0.305 e. The number of thioether (sulfide) groups is 1. The molecule has 240 valence electrons. The zero-order chi connectivity index (χ0) is 32.7. The van der Waals surface area contributed by atoms with E-state index in [2.05, 4.69) is 10.3 Å². The van der Waals surface area contributed by atoms with Crippen LogP contribution in [-0.4, -0.2) is 34.6 Å². The molecule has 7 atom stereocenters. The molecule has 3 amide bonds. The minimum Gasteiger partial charge on any atom is -0.484 e. The van der Waals surface area contributed by atoms with Gasteiger partial charge in [-0.2, -0.15) is 0 Å². The van der Waals surface area contributed by atoms with Crippen molar-refractivity contribution in [2.75, 3.05) is 16.8 Å². The maximum atomic E-state index is 14.0. The number of imide groups is 1. The zero-order valence-corrected chi connectivity index (χ0v) is 27.7. The van der Waals surface area contributed by atoms with Gasteiger partial charge in [0.25, 0.3) is 5.91 Å². The van der Waals surface area contributed by atoms with Gasteiger partial charge in [0.15, 0.2) is 6.61 Å². The van der Waals surface area contributed by atoms with Crippen LogP contribution in [0.2, 0.25) is 5.02 Å². The van der Waals surface area contributed by atoms with E-state index in [-0.39, 0.29) is 64.0 Å². The fourth-order valence-electron chi connectivity index (χ4n) is 8.70. The molecule has 8 nitrogen and oxygen atoms in total. The van der Waals surface area contributed by atoms with Gasteiger partial charge in [-0.15, -0.1) is 11.8 Å². The van der Waals surface area contributed by atoms with E-state index < -0.39 is 5.92 Å². The molecule has 2 bridgehead atoms. The van der Waals surface area contributed by atoms with Gasteiger partial charge in [-0.05, 0) is 77.6 Å². The Morgan fingerprint density at radius 3 is 2.50 bits per heavy atom. The quantitative estimate of drug-likeness (QED) is 0.187. The SMILES string of the molecule is O=C(COc1cccc([C@H]2c3sc(=O)[nH]c3SC3C2[C@H]2C[C@@H]3C3C(=O)N(c4ccc(Cl)cc4)C(=O)C32)c1)Nc1cccc2ccccc12. The lowest BCUT2D eigenvalue weighted by molar-refractivity contribution is -0.123. The first-order valence-corrected chi connectivity index (χ1v) is 18.0. The van der Waals surface area contributed by atoms with E-state index in [0.29, 0.717) is 16.5 Å². The van der Waals surface area contributed by atoms with Crippen LogP contribution in [0.3, 0.4) is 0 Å². The topological polar surface area (TPSA) is 109 Å². The van der Waals surface area contributed by atoms with E-state index in [1.807, 2.05) is 66.7 Å². The summed E-state index contributed by atoms with van der Waals surface area (Å²) < 4.78 is 6.02. The fourth-order valence-corrected chi connectivity index (χ4v) is 11.7. The summed E-state index contributed by atoms with van der Waals surface area (Å²) in [6.45, 7) is -0.173. The Balaban J connectivity index is 0.999. The van der Waals surface area contributed by atoms with Gasteiger partial charge in [0, 0.05) is 32.1 Å². The number of nitrogens with zero attached hydrogens (tertiary/aromatic N) is 1. The van der Waals surface area contributed by atoms with Crippen LogP contribution in [-0.2, 0) is 14.4 Å². The second-order valence-electron chi connectivity index (χ2n) is 12.9. The average molecular weight is 694 g/mol. The molecular formula is C37H28ClN3O5S2. The van der Waals surface area contributed by atoms with Crippen molar-refractivity contribution in [3.63, 3.8) is 0 Å². The van der Waals surface area contributed by atoms with Gasteiger partial charge in [0.1, 0.15) is 5.75 Å². The predicted octanol–water partition coefficient (Wildman–Crippen LogP) is 6.94. The van der Waals surface area contributed by atoms with Crippen LogP contribution in [0.4, 0.5) is 11.4 Å². The van der Waals surface area contributed by atoms with E-state index >= 15 is 0 Å². The van der Waals surface area contributed by atoms with E-state index in [0.717, 1.165) is 38.3 Å². The zero-order valence-electron chi connectivity index (χ0n) is 25.3. The Labute approximate surface area is 288 Å². The van der Waals surface area contributed by atoms with Crippen molar-refractivity contribution in [3.8, 4) is 5.75 Å². The molecule has 2 saturated carbocycles. The highest BCUT2D eigenvalue weighted by molar-refractivity contribution is 8.00. The second-order valence-corrected chi connectivity index (χ2v) is 15.5. The molecular weight excluding hydrogens is 666 g/mol. The standard InChI is InChI=1S/C37H28ClN3O5S2/c38-20-11-13-21(14-12-20)41-35(43)30-24-16-25(31(30)36(41)44)32-29(24)28(33-34(47-32)40-37(45)48-33)19-7-3-8-22(15-19)46-17-27(42)39-26-10-4-6-18-5-1-2-9-23(18)26/h1-15,24-25,28-32H,16-17H2,(H,39,42)(H,40,45)/t24-,25-,28-,29?,30?,31?,32?/m1/s1. The fraction of sp³-hybridized carbons (Fsp3) is 0.243. The second kappa shape index (κ2) is 11.4. The Morgan fingerprint density at radius 1 is 0.917 bits per heavy atom. The Bertz CT molecular complexity index is 2190. The molecule has 3 fully saturated rings. The molecule has 4 aromatic carbocycles. The molecule has 0 radical (unpaired) electrons. The number of aromatic amines is 1. The highest BCUT2D eigenvalue weighted by Gasteiger charge is 2.69. The van der Waals surface area contributed by atoms with E-state index in [1.165, 1.54) is 16.2 Å². The molecule has 11 heteroatoms. The summed E-state index contributed by atoms with van der Waals surface area (Å²) >= 11 is 8.96. The molecule has 0 spiro atoms. The summed E-state index contributed by atoms with van der Waals surface area (Å²) in [5.74, 6) is -0.919. The number of benzene rings is 4. The van der Waals surface area contributed by atoms with Crippen molar-refractivity contribution < 1.29 is 19.1 Å². The van der Waals surface area contributed by atoms with Gasteiger partial charge < -0.3 is 15.0 Å². The van der Waals surface area contributed by atoms with Crippen molar-refractivity contribution >= 4 is 74.6 Å². The number of carbonyl (C=O) groups excluding carboxylic acids is 3. The first-order valence-electron chi connectivity index (χ1n) is 15.9. The molecule has 2 aliphatic carbocycles. The average Bonchev–Trinajstić information content (AvgIpc) is 3.83. The summed E-state index contributed by atoms with van der Waals surface area (Å²) in [5, 5.41) is 6.41. The van der Waals surface area contributed by atoms with Crippen LogP contribution in [0.15, 0.2) is 101 Å². The number of thiazole rings is 1. The summed E-state index contributed by atoms with van der Waals surface area (Å²) in [6.07, 6.45) is 0.795. The van der Waals surface area contributed by atoms with Crippen LogP contribution in [0.5, 0.6) is 5.75 Å². The van der Waals surface area contributed by atoms with Gasteiger partial charge in [-0.3, -0.25) is 24.1 Å². The van der Waals surface area contributed by atoms with Crippen LogP contribution in [0.1, 0.15) is 22.8 Å². The molecule has 4 aliphatic rings.